The Morgan fingerprint density at radius 3 is 2.76 bits per heavy atom. The Kier molecular flexibility index (Phi) is 5.39. The number of fused-ring (bicyclic) bond motifs is 1. The van der Waals surface area contributed by atoms with Crippen LogP contribution in [0.4, 0.5) is 5.95 Å². The van der Waals surface area contributed by atoms with Crippen molar-refractivity contribution in [3.05, 3.63) is 41.6 Å². The molecule has 2 amide bonds. The summed E-state index contributed by atoms with van der Waals surface area (Å²) in [5, 5.41) is 2.72. The predicted octanol–water partition coefficient (Wildman–Crippen LogP) is 1.23. The third kappa shape index (κ3) is 4.34. The SMILES string of the molecule is C[C@H]1CC(=O)c2cnc(NC(=O)CN3CCN(C(=O)c4ccco4)CC3)nc2C1. The summed E-state index contributed by atoms with van der Waals surface area (Å²) < 4.78 is 5.16. The summed E-state index contributed by atoms with van der Waals surface area (Å²) >= 11 is 0. The fourth-order valence-electron chi connectivity index (χ4n) is 3.73. The Balaban J connectivity index is 1.29. The molecule has 1 aliphatic carbocycles. The molecule has 0 bridgehead atoms. The van der Waals surface area contributed by atoms with Gasteiger partial charge in [-0.05, 0) is 24.5 Å². The van der Waals surface area contributed by atoms with Gasteiger partial charge >= 0.3 is 0 Å². The van der Waals surface area contributed by atoms with E-state index in [1.54, 1.807) is 17.0 Å². The molecule has 0 unspecified atom stereocenters. The molecule has 9 nitrogen and oxygen atoms in total. The number of carbonyl (C=O) groups excluding carboxylic acids is 3. The van der Waals surface area contributed by atoms with Crippen LogP contribution in [0.15, 0.2) is 29.0 Å². The lowest BCUT2D eigenvalue weighted by molar-refractivity contribution is -0.117. The van der Waals surface area contributed by atoms with Crippen molar-refractivity contribution >= 4 is 23.5 Å². The Bertz CT molecular complexity index is 919. The van der Waals surface area contributed by atoms with Crippen LogP contribution < -0.4 is 5.32 Å². The van der Waals surface area contributed by atoms with Gasteiger partial charge in [0.05, 0.1) is 24.1 Å². The van der Waals surface area contributed by atoms with Crippen LogP contribution in [0.1, 0.15) is 40.0 Å². The lowest BCUT2D eigenvalue weighted by Gasteiger charge is -2.33. The maximum atomic E-state index is 12.4. The quantitative estimate of drug-likeness (QED) is 0.826. The molecule has 29 heavy (non-hydrogen) atoms. The minimum Gasteiger partial charge on any atom is -0.459 e. The first-order chi connectivity index (χ1) is 14.0. The van der Waals surface area contributed by atoms with Gasteiger partial charge in [0.25, 0.3) is 5.91 Å². The van der Waals surface area contributed by atoms with Gasteiger partial charge in [0.2, 0.25) is 11.9 Å². The van der Waals surface area contributed by atoms with Gasteiger partial charge in [-0.2, -0.15) is 0 Å². The van der Waals surface area contributed by atoms with Crippen molar-refractivity contribution in [1.82, 2.24) is 19.8 Å². The van der Waals surface area contributed by atoms with E-state index in [1.165, 1.54) is 12.5 Å². The number of carbonyl (C=O) groups is 3. The molecular formula is C20H23N5O4. The summed E-state index contributed by atoms with van der Waals surface area (Å²) in [6.45, 7) is 4.45. The van der Waals surface area contributed by atoms with Crippen molar-refractivity contribution in [2.24, 2.45) is 5.92 Å². The van der Waals surface area contributed by atoms with Crippen molar-refractivity contribution in [2.75, 3.05) is 38.0 Å². The second-order valence-corrected chi connectivity index (χ2v) is 7.58. The molecule has 1 fully saturated rings. The van der Waals surface area contributed by atoms with Crippen LogP contribution in [0.3, 0.4) is 0 Å². The first kappa shape index (κ1) is 19.3. The zero-order chi connectivity index (χ0) is 20.4. The van der Waals surface area contributed by atoms with Gasteiger partial charge < -0.3 is 9.32 Å². The number of hydrogen-bond donors (Lipinski definition) is 1. The van der Waals surface area contributed by atoms with E-state index in [0.29, 0.717) is 56.0 Å². The van der Waals surface area contributed by atoms with Crippen molar-refractivity contribution in [2.45, 2.75) is 19.8 Å². The number of anilines is 1. The highest BCUT2D eigenvalue weighted by Gasteiger charge is 2.26. The van der Waals surface area contributed by atoms with E-state index in [0.717, 1.165) is 0 Å². The van der Waals surface area contributed by atoms with E-state index in [4.69, 9.17) is 4.42 Å². The third-order valence-electron chi connectivity index (χ3n) is 5.25. The van der Waals surface area contributed by atoms with Gasteiger partial charge in [-0.25, -0.2) is 9.97 Å². The molecule has 3 heterocycles. The van der Waals surface area contributed by atoms with E-state index >= 15 is 0 Å². The molecule has 1 N–H and O–H groups in total. The topological polar surface area (TPSA) is 109 Å². The number of piperazine rings is 1. The smallest absolute Gasteiger partial charge is 0.289 e. The molecule has 4 rings (SSSR count). The maximum Gasteiger partial charge on any atom is 0.289 e. The highest BCUT2D eigenvalue weighted by molar-refractivity contribution is 5.98. The molecule has 2 aliphatic rings. The van der Waals surface area contributed by atoms with Crippen LogP contribution in [0.2, 0.25) is 0 Å². The minimum absolute atomic E-state index is 0.0543. The van der Waals surface area contributed by atoms with Gasteiger partial charge in [0.1, 0.15) is 0 Å². The predicted molar refractivity (Wildman–Crippen MR) is 104 cm³/mol. The summed E-state index contributed by atoms with van der Waals surface area (Å²) in [5.74, 6) is 0.499. The van der Waals surface area contributed by atoms with Crippen molar-refractivity contribution in [3.63, 3.8) is 0 Å². The third-order valence-corrected chi connectivity index (χ3v) is 5.25. The zero-order valence-electron chi connectivity index (χ0n) is 16.3. The molecule has 1 aliphatic heterocycles. The number of ketones is 1. The average Bonchev–Trinajstić information content (AvgIpc) is 3.22. The fraction of sp³-hybridized carbons (Fsp3) is 0.450. The first-order valence-electron chi connectivity index (χ1n) is 9.73. The first-order valence-corrected chi connectivity index (χ1v) is 9.73. The number of nitrogens with one attached hydrogen (secondary N) is 1. The van der Waals surface area contributed by atoms with E-state index in [2.05, 4.69) is 15.3 Å². The number of Topliss-reactive ketones (excluding diaryl/α,β-unsaturated/α-hetero) is 1. The standard InChI is InChI=1S/C20H23N5O4/c1-13-9-15-14(16(26)10-13)11-21-20(22-15)23-18(27)12-24-4-6-25(7-5-24)19(28)17-3-2-8-29-17/h2-3,8,11,13H,4-7,9-10,12H2,1H3,(H,21,22,23,27)/t13-/m1/s1. The van der Waals surface area contributed by atoms with Crippen LogP contribution in [0.5, 0.6) is 0 Å². The van der Waals surface area contributed by atoms with Gasteiger partial charge in [0, 0.05) is 38.8 Å². The number of aromatic nitrogens is 2. The summed E-state index contributed by atoms with van der Waals surface area (Å²) in [6.07, 6.45) is 4.20. The van der Waals surface area contributed by atoms with Gasteiger partial charge in [-0.1, -0.05) is 6.92 Å². The Labute approximate surface area is 168 Å². The van der Waals surface area contributed by atoms with Gasteiger partial charge in [0.15, 0.2) is 11.5 Å². The summed E-state index contributed by atoms with van der Waals surface area (Å²) in [5.41, 5.74) is 1.25. The Morgan fingerprint density at radius 1 is 1.24 bits per heavy atom. The van der Waals surface area contributed by atoms with Crippen LogP contribution in [0.25, 0.3) is 0 Å². The normalized spacial score (nSPS) is 19.7. The average molecular weight is 397 g/mol. The number of rotatable bonds is 4. The lowest BCUT2D eigenvalue weighted by Crippen LogP contribution is -2.50. The van der Waals surface area contributed by atoms with Crippen molar-refractivity contribution < 1.29 is 18.8 Å². The molecule has 9 heteroatoms. The summed E-state index contributed by atoms with van der Waals surface area (Å²) in [4.78, 5) is 48.9. The van der Waals surface area contributed by atoms with Crippen molar-refractivity contribution in [1.29, 1.82) is 0 Å². The molecule has 2 aromatic rings. The van der Waals surface area contributed by atoms with E-state index in [-0.39, 0.29) is 36.0 Å². The maximum absolute atomic E-state index is 12.4. The second kappa shape index (κ2) is 8.12. The highest BCUT2D eigenvalue weighted by Crippen LogP contribution is 2.24. The molecular weight excluding hydrogens is 374 g/mol. The monoisotopic (exact) mass is 397 g/mol. The van der Waals surface area contributed by atoms with Crippen molar-refractivity contribution in [3.8, 4) is 0 Å². The molecule has 152 valence electrons. The second-order valence-electron chi connectivity index (χ2n) is 7.58. The molecule has 0 radical (unpaired) electrons. The zero-order valence-corrected chi connectivity index (χ0v) is 16.3. The van der Waals surface area contributed by atoms with Crippen LogP contribution in [-0.2, 0) is 11.2 Å². The Hall–Kier alpha value is -3.07. The fourth-order valence-corrected chi connectivity index (χ4v) is 3.73. The molecule has 2 aromatic heterocycles. The van der Waals surface area contributed by atoms with E-state index in [1.807, 2.05) is 11.8 Å². The number of hydrogen-bond acceptors (Lipinski definition) is 7. The number of furan rings is 1. The summed E-state index contributed by atoms with van der Waals surface area (Å²) in [6, 6.07) is 3.34. The molecule has 1 atom stereocenters. The highest BCUT2D eigenvalue weighted by atomic mass is 16.3. The van der Waals surface area contributed by atoms with Crippen LogP contribution >= 0.6 is 0 Å². The van der Waals surface area contributed by atoms with Gasteiger partial charge in [-0.3, -0.25) is 24.6 Å². The number of amides is 2. The molecule has 0 saturated carbocycles. The van der Waals surface area contributed by atoms with Crippen LogP contribution in [-0.4, -0.2) is 70.1 Å². The molecule has 0 aromatic carbocycles. The number of nitrogens with zero attached hydrogens (tertiary/aromatic N) is 4. The van der Waals surface area contributed by atoms with E-state index < -0.39 is 0 Å². The summed E-state index contributed by atoms with van der Waals surface area (Å²) in [7, 11) is 0. The molecule has 1 saturated heterocycles. The largest absolute Gasteiger partial charge is 0.459 e. The van der Waals surface area contributed by atoms with E-state index in [9.17, 15) is 14.4 Å². The molecule has 0 spiro atoms. The van der Waals surface area contributed by atoms with Gasteiger partial charge in [-0.15, -0.1) is 0 Å². The van der Waals surface area contributed by atoms with Crippen LogP contribution in [0, 0.1) is 5.92 Å². The Morgan fingerprint density at radius 2 is 2.03 bits per heavy atom. The lowest BCUT2D eigenvalue weighted by atomic mass is 9.88. The minimum atomic E-state index is -0.217.